The highest BCUT2D eigenvalue weighted by Gasteiger charge is 2.16. The summed E-state index contributed by atoms with van der Waals surface area (Å²) in [5, 5.41) is 6.33. The lowest BCUT2D eigenvalue weighted by Crippen LogP contribution is -2.44. The van der Waals surface area contributed by atoms with Crippen LogP contribution in [0.1, 0.15) is 46.1 Å². The number of nitrogens with zero attached hydrogens (tertiary/aromatic N) is 2. The van der Waals surface area contributed by atoms with Crippen LogP contribution >= 0.6 is 0 Å². The Morgan fingerprint density at radius 1 is 1.06 bits per heavy atom. The molecule has 0 bridgehead atoms. The van der Waals surface area contributed by atoms with Crippen LogP contribution in [0.4, 0.5) is 5.69 Å². The van der Waals surface area contributed by atoms with Crippen LogP contribution in [0.5, 0.6) is 0 Å². The molecule has 1 atom stereocenters. The first-order valence-corrected chi connectivity index (χ1v) is 11.9. The summed E-state index contributed by atoms with van der Waals surface area (Å²) in [5.41, 5.74) is 8.94. The summed E-state index contributed by atoms with van der Waals surface area (Å²) in [4.78, 5) is 16.5. The van der Waals surface area contributed by atoms with Crippen LogP contribution in [0.3, 0.4) is 0 Å². The number of nitrogens with two attached hydrogens (primary N) is 1. The van der Waals surface area contributed by atoms with E-state index in [1.54, 1.807) is 0 Å². The van der Waals surface area contributed by atoms with Crippen LogP contribution in [0.25, 0.3) is 0 Å². The zero-order valence-corrected chi connectivity index (χ0v) is 21.6. The SMILES string of the molecule is CC/C=C(\OCc1ccc(N/C(=C/CC)CNC(=O)C(N)C(C)C)cc1)N(C)CCN(C)C. The number of benzene rings is 1. The zero-order valence-electron chi connectivity index (χ0n) is 21.6. The number of likely N-dealkylation sites (N-methyl/N-ethyl adjacent to an activating group) is 2. The van der Waals surface area contributed by atoms with E-state index in [-0.39, 0.29) is 11.8 Å². The van der Waals surface area contributed by atoms with Gasteiger partial charge in [-0.2, -0.15) is 0 Å². The van der Waals surface area contributed by atoms with Crippen molar-refractivity contribution in [2.45, 2.75) is 53.2 Å². The van der Waals surface area contributed by atoms with Crippen molar-refractivity contribution in [3.8, 4) is 0 Å². The van der Waals surface area contributed by atoms with Gasteiger partial charge in [0.2, 0.25) is 5.91 Å². The Hall–Kier alpha value is -2.51. The molecule has 0 radical (unpaired) electrons. The fourth-order valence-electron chi connectivity index (χ4n) is 3.00. The molecule has 0 spiro atoms. The van der Waals surface area contributed by atoms with Gasteiger partial charge in [-0.25, -0.2) is 0 Å². The van der Waals surface area contributed by atoms with E-state index in [4.69, 9.17) is 10.5 Å². The highest BCUT2D eigenvalue weighted by Crippen LogP contribution is 2.15. The molecule has 1 aromatic carbocycles. The Bertz CT molecular complexity index is 756. The Morgan fingerprint density at radius 2 is 1.70 bits per heavy atom. The van der Waals surface area contributed by atoms with E-state index >= 15 is 0 Å². The molecular formula is C26H45N5O2. The number of anilines is 1. The highest BCUT2D eigenvalue weighted by molar-refractivity contribution is 5.82. The molecular weight excluding hydrogens is 414 g/mol. The van der Waals surface area contributed by atoms with Crippen molar-refractivity contribution in [1.29, 1.82) is 0 Å². The minimum Gasteiger partial charge on any atom is -0.474 e. The first-order valence-electron chi connectivity index (χ1n) is 11.9. The van der Waals surface area contributed by atoms with Gasteiger partial charge in [-0.05, 0) is 56.6 Å². The number of ether oxygens (including phenoxy) is 1. The van der Waals surface area contributed by atoms with E-state index in [0.717, 1.165) is 48.8 Å². The average molecular weight is 460 g/mol. The van der Waals surface area contributed by atoms with Crippen molar-refractivity contribution >= 4 is 11.6 Å². The van der Waals surface area contributed by atoms with Crippen molar-refractivity contribution < 1.29 is 9.53 Å². The predicted molar refractivity (Wildman–Crippen MR) is 139 cm³/mol. The number of carbonyl (C=O) groups excluding carboxylic acids is 1. The Morgan fingerprint density at radius 3 is 2.24 bits per heavy atom. The zero-order chi connectivity index (χ0) is 24.8. The first kappa shape index (κ1) is 28.5. The van der Waals surface area contributed by atoms with Crippen molar-refractivity contribution in [2.75, 3.05) is 46.1 Å². The summed E-state index contributed by atoms with van der Waals surface area (Å²) >= 11 is 0. The molecule has 1 rings (SSSR count). The van der Waals surface area contributed by atoms with Gasteiger partial charge in [0.25, 0.3) is 0 Å². The molecule has 4 N–H and O–H groups in total. The second-order valence-corrected chi connectivity index (χ2v) is 8.91. The molecule has 0 saturated heterocycles. The molecule has 1 amide bonds. The molecule has 0 fully saturated rings. The summed E-state index contributed by atoms with van der Waals surface area (Å²) in [6.07, 6.45) is 5.99. The van der Waals surface area contributed by atoms with Crippen LogP contribution in [0.2, 0.25) is 0 Å². The maximum absolute atomic E-state index is 12.2. The molecule has 7 heteroatoms. The number of nitrogens with one attached hydrogen (secondary N) is 2. The lowest BCUT2D eigenvalue weighted by Gasteiger charge is -2.24. The van der Waals surface area contributed by atoms with E-state index in [0.29, 0.717) is 13.2 Å². The van der Waals surface area contributed by atoms with Crippen LogP contribution in [-0.4, -0.2) is 62.5 Å². The van der Waals surface area contributed by atoms with E-state index in [1.165, 1.54) is 0 Å². The van der Waals surface area contributed by atoms with Crippen molar-refractivity contribution in [2.24, 2.45) is 11.7 Å². The molecule has 0 aliphatic carbocycles. The van der Waals surface area contributed by atoms with Crippen molar-refractivity contribution in [3.05, 3.63) is 53.6 Å². The molecule has 186 valence electrons. The van der Waals surface area contributed by atoms with Gasteiger partial charge in [-0.15, -0.1) is 0 Å². The maximum atomic E-state index is 12.2. The molecule has 0 aliphatic rings. The second kappa shape index (κ2) is 15.3. The monoisotopic (exact) mass is 459 g/mol. The van der Waals surface area contributed by atoms with Gasteiger partial charge in [0, 0.05) is 31.5 Å². The normalized spacial score (nSPS) is 13.3. The van der Waals surface area contributed by atoms with Gasteiger partial charge in [0.05, 0.1) is 12.6 Å². The Labute approximate surface area is 201 Å². The largest absolute Gasteiger partial charge is 0.474 e. The third kappa shape index (κ3) is 11.3. The topological polar surface area (TPSA) is 82.9 Å². The smallest absolute Gasteiger partial charge is 0.237 e. The van der Waals surface area contributed by atoms with Gasteiger partial charge >= 0.3 is 0 Å². The molecule has 0 aromatic heterocycles. The molecule has 1 unspecified atom stereocenters. The molecule has 0 saturated carbocycles. The third-order valence-electron chi connectivity index (χ3n) is 5.21. The Balaban J connectivity index is 2.66. The molecule has 0 aliphatic heterocycles. The van der Waals surface area contributed by atoms with Gasteiger partial charge in [-0.1, -0.05) is 45.9 Å². The number of hydrogen-bond acceptors (Lipinski definition) is 6. The fraction of sp³-hybridized carbons (Fsp3) is 0.577. The molecule has 0 heterocycles. The number of amides is 1. The maximum Gasteiger partial charge on any atom is 0.237 e. The van der Waals surface area contributed by atoms with Gasteiger partial charge < -0.3 is 30.9 Å². The van der Waals surface area contributed by atoms with Gasteiger partial charge in [-0.3, -0.25) is 4.79 Å². The number of allylic oxidation sites excluding steroid dienone is 2. The quantitative estimate of drug-likeness (QED) is 0.347. The van der Waals surface area contributed by atoms with E-state index in [1.807, 2.05) is 26.0 Å². The fourth-order valence-corrected chi connectivity index (χ4v) is 3.00. The second-order valence-electron chi connectivity index (χ2n) is 8.91. The highest BCUT2D eigenvalue weighted by atomic mass is 16.5. The Kier molecular flexibility index (Phi) is 13.3. The van der Waals surface area contributed by atoms with Gasteiger partial charge in [0.15, 0.2) is 5.88 Å². The third-order valence-corrected chi connectivity index (χ3v) is 5.21. The van der Waals surface area contributed by atoms with E-state index < -0.39 is 6.04 Å². The van der Waals surface area contributed by atoms with E-state index in [2.05, 4.69) is 79.7 Å². The summed E-state index contributed by atoms with van der Waals surface area (Å²) in [6, 6.07) is 7.68. The van der Waals surface area contributed by atoms with Crippen molar-refractivity contribution in [1.82, 2.24) is 15.1 Å². The lowest BCUT2D eigenvalue weighted by molar-refractivity contribution is -0.123. The van der Waals surface area contributed by atoms with E-state index in [9.17, 15) is 4.79 Å². The van der Waals surface area contributed by atoms with Gasteiger partial charge in [0.1, 0.15) is 6.61 Å². The number of rotatable bonds is 15. The number of hydrogen-bond donors (Lipinski definition) is 3. The van der Waals surface area contributed by atoms with Crippen LogP contribution in [-0.2, 0) is 16.1 Å². The average Bonchev–Trinajstić information content (AvgIpc) is 2.78. The summed E-state index contributed by atoms with van der Waals surface area (Å²) in [7, 11) is 6.21. The summed E-state index contributed by atoms with van der Waals surface area (Å²) in [6.45, 7) is 10.9. The van der Waals surface area contributed by atoms with Crippen molar-refractivity contribution in [3.63, 3.8) is 0 Å². The van der Waals surface area contributed by atoms with Crippen LogP contribution < -0.4 is 16.4 Å². The van der Waals surface area contributed by atoms with Crippen LogP contribution in [0.15, 0.2) is 48.0 Å². The number of carbonyl (C=O) groups is 1. The molecule has 1 aromatic rings. The first-order chi connectivity index (χ1) is 15.7. The standard InChI is InChI=1S/C26H45N5O2/c1-8-10-23(18-28-26(32)25(27)20(3)4)29-22-14-12-21(13-15-22)19-33-24(11-9-2)31(7)17-16-30(5)6/h10-15,20,25,29H,8-9,16-19,27H2,1-7H3,(H,28,32)/b23-10+,24-11-. The predicted octanol–water partition coefficient (Wildman–Crippen LogP) is 3.75. The van der Waals surface area contributed by atoms with Crippen LogP contribution in [0, 0.1) is 5.92 Å². The minimum atomic E-state index is -0.499. The summed E-state index contributed by atoms with van der Waals surface area (Å²) in [5.74, 6) is 0.879. The lowest BCUT2D eigenvalue weighted by atomic mass is 10.1. The summed E-state index contributed by atoms with van der Waals surface area (Å²) < 4.78 is 6.11. The molecule has 33 heavy (non-hydrogen) atoms. The minimum absolute atomic E-state index is 0.104. The molecule has 7 nitrogen and oxygen atoms in total.